The summed E-state index contributed by atoms with van der Waals surface area (Å²) in [5, 5.41) is 0. The van der Waals surface area contributed by atoms with Crippen LogP contribution in [0.5, 0.6) is 5.75 Å². The average Bonchev–Trinajstić information content (AvgIpc) is 3.01. The number of nitrogens with zero attached hydrogens (tertiary/aromatic N) is 1. The number of fused-ring (bicyclic) bond motifs is 1. The Morgan fingerprint density at radius 1 is 1.10 bits per heavy atom. The molecule has 4 rings (SSSR count). The topological polar surface area (TPSA) is 38.8 Å². The van der Waals surface area contributed by atoms with E-state index in [0.29, 0.717) is 12.6 Å². The van der Waals surface area contributed by atoms with E-state index in [0.717, 1.165) is 31.7 Å². The molecule has 0 amide bonds. The lowest BCUT2D eigenvalue weighted by Gasteiger charge is -2.42. The van der Waals surface area contributed by atoms with Crippen molar-refractivity contribution in [3.05, 3.63) is 64.7 Å². The number of hydrogen-bond donors (Lipinski definition) is 0. The van der Waals surface area contributed by atoms with Gasteiger partial charge in [-0.25, -0.2) is 0 Å². The summed E-state index contributed by atoms with van der Waals surface area (Å²) in [6, 6.07) is 15.3. The quantitative estimate of drug-likeness (QED) is 0.682. The summed E-state index contributed by atoms with van der Waals surface area (Å²) in [5.74, 6) is 0.877. The van der Waals surface area contributed by atoms with Crippen LogP contribution in [-0.4, -0.2) is 29.6 Å². The van der Waals surface area contributed by atoms with Crippen LogP contribution in [0, 0.1) is 12.8 Å². The highest BCUT2D eigenvalue weighted by atomic mass is 16.6. The fraction of sp³-hybridized carbons (Fsp3) is 0.480. The first kappa shape index (κ1) is 20.0. The lowest BCUT2D eigenvalue weighted by Crippen LogP contribution is -2.52. The Morgan fingerprint density at radius 2 is 1.83 bits per heavy atom. The zero-order valence-electron chi connectivity index (χ0n) is 17.9. The summed E-state index contributed by atoms with van der Waals surface area (Å²) in [4.78, 5) is 14.6. The second-order valence-corrected chi connectivity index (χ2v) is 9.37. The molecule has 4 heteroatoms. The van der Waals surface area contributed by atoms with Crippen LogP contribution in [0.4, 0.5) is 0 Å². The van der Waals surface area contributed by atoms with Crippen LogP contribution in [0.3, 0.4) is 0 Å². The number of ether oxygens (including phenoxy) is 2. The van der Waals surface area contributed by atoms with Crippen LogP contribution in [0.1, 0.15) is 55.5 Å². The Hall–Kier alpha value is -2.33. The summed E-state index contributed by atoms with van der Waals surface area (Å²) < 4.78 is 11.5. The van der Waals surface area contributed by atoms with E-state index in [-0.39, 0.29) is 11.9 Å². The highest BCUT2D eigenvalue weighted by Gasteiger charge is 2.41. The zero-order valence-corrected chi connectivity index (χ0v) is 17.9. The molecule has 2 aromatic carbocycles. The van der Waals surface area contributed by atoms with E-state index in [2.05, 4.69) is 54.3 Å². The van der Waals surface area contributed by atoms with Gasteiger partial charge in [-0.3, -0.25) is 9.69 Å². The molecule has 0 radical (unpaired) electrons. The van der Waals surface area contributed by atoms with Crippen molar-refractivity contribution in [2.45, 2.75) is 58.8 Å². The minimum Gasteiger partial charge on any atom is -0.489 e. The normalized spacial score (nSPS) is 19.5. The molecular formula is C25H31NO3. The third-order valence-corrected chi connectivity index (χ3v) is 5.78. The lowest BCUT2D eigenvalue weighted by atomic mass is 9.95. The molecule has 1 aliphatic carbocycles. The minimum atomic E-state index is -0.410. The summed E-state index contributed by atoms with van der Waals surface area (Å²) in [6.07, 6.45) is 2.17. The second-order valence-electron chi connectivity index (χ2n) is 9.37. The Balaban J connectivity index is 1.33. The van der Waals surface area contributed by atoms with Gasteiger partial charge in [-0.1, -0.05) is 35.9 Å². The molecule has 0 spiro atoms. The molecule has 154 valence electrons. The van der Waals surface area contributed by atoms with Gasteiger partial charge in [0, 0.05) is 19.1 Å². The fourth-order valence-electron chi connectivity index (χ4n) is 4.19. The van der Waals surface area contributed by atoms with Crippen LogP contribution in [0.15, 0.2) is 42.5 Å². The van der Waals surface area contributed by atoms with Gasteiger partial charge in [-0.15, -0.1) is 0 Å². The van der Waals surface area contributed by atoms with Gasteiger partial charge in [-0.2, -0.15) is 0 Å². The van der Waals surface area contributed by atoms with Gasteiger partial charge < -0.3 is 9.47 Å². The van der Waals surface area contributed by atoms with Gasteiger partial charge >= 0.3 is 5.97 Å². The Morgan fingerprint density at radius 3 is 2.52 bits per heavy atom. The summed E-state index contributed by atoms with van der Waals surface area (Å²) >= 11 is 0. The van der Waals surface area contributed by atoms with Crippen molar-refractivity contribution < 1.29 is 14.3 Å². The maximum absolute atomic E-state index is 12.2. The Bertz CT molecular complexity index is 876. The van der Waals surface area contributed by atoms with E-state index in [1.54, 1.807) is 0 Å². The van der Waals surface area contributed by atoms with Gasteiger partial charge in [0.15, 0.2) is 0 Å². The number of benzene rings is 2. The standard InChI is InChI=1S/C25H31NO3/c1-17-5-7-18(8-6-17)16-28-21-10-11-22-19(13-21)9-12-23(22)26-14-20(15-26)24(27)29-25(2,3)4/h5-8,10-11,13,20,23H,9,12,14-16H2,1-4H3. The van der Waals surface area contributed by atoms with Crippen molar-refractivity contribution in [2.24, 2.45) is 5.92 Å². The molecule has 1 aliphatic heterocycles. The monoisotopic (exact) mass is 393 g/mol. The SMILES string of the molecule is Cc1ccc(COc2ccc3c(c2)CCC3N2CC(C(=O)OC(C)(C)C)C2)cc1. The maximum Gasteiger partial charge on any atom is 0.312 e. The number of esters is 1. The second kappa shape index (κ2) is 7.83. The van der Waals surface area contributed by atoms with E-state index >= 15 is 0 Å². The molecule has 2 aliphatic rings. The van der Waals surface area contributed by atoms with Crippen LogP contribution in [-0.2, 0) is 22.6 Å². The summed E-state index contributed by atoms with van der Waals surface area (Å²) in [7, 11) is 0. The number of rotatable bonds is 5. The van der Waals surface area contributed by atoms with Crippen LogP contribution >= 0.6 is 0 Å². The summed E-state index contributed by atoms with van der Waals surface area (Å²) in [5.41, 5.74) is 4.79. The number of carbonyl (C=O) groups is 1. The van der Waals surface area contributed by atoms with E-state index in [1.165, 1.54) is 22.3 Å². The Labute approximate surface area is 173 Å². The van der Waals surface area contributed by atoms with Crippen LogP contribution < -0.4 is 4.74 Å². The zero-order chi connectivity index (χ0) is 20.6. The molecule has 0 saturated carbocycles. The fourth-order valence-corrected chi connectivity index (χ4v) is 4.19. The van der Waals surface area contributed by atoms with Gasteiger partial charge in [0.25, 0.3) is 0 Å². The smallest absolute Gasteiger partial charge is 0.312 e. The van der Waals surface area contributed by atoms with Gasteiger partial charge in [0.05, 0.1) is 5.92 Å². The van der Waals surface area contributed by atoms with Gasteiger partial charge in [0.1, 0.15) is 18.0 Å². The first-order chi connectivity index (χ1) is 13.8. The molecular weight excluding hydrogens is 362 g/mol. The molecule has 1 unspecified atom stereocenters. The van der Waals surface area contributed by atoms with Crippen LogP contribution in [0.2, 0.25) is 0 Å². The first-order valence-electron chi connectivity index (χ1n) is 10.6. The van der Waals surface area contributed by atoms with E-state index in [9.17, 15) is 4.79 Å². The number of carbonyl (C=O) groups excluding carboxylic acids is 1. The van der Waals surface area contributed by atoms with Crippen molar-refractivity contribution >= 4 is 5.97 Å². The van der Waals surface area contributed by atoms with Crippen molar-refractivity contribution in [3.8, 4) is 5.75 Å². The number of likely N-dealkylation sites (tertiary alicyclic amines) is 1. The molecule has 0 bridgehead atoms. The number of hydrogen-bond acceptors (Lipinski definition) is 4. The molecule has 1 fully saturated rings. The van der Waals surface area contributed by atoms with Crippen molar-refractivity contribution in [1.29, 1.82) is 0 Å². The Kier molecular flexibility index (Phi) is 5.39. The van der Waals surface area contributed by atoms with Crippen molar-refractivity contribution in [2.75, 3.05) is 13.1 Å². The molecule has 29 heavy (non-hydrogen) atoms. The molecule has 1 heterocycles. The molecule has 0 aromatic heterocycles. The van der Waals surface area contributed by atoms with Crippen LogP contribution in [0.25, 0.3) is 0 Å². The van der Waals surface area contributed by atoms with E-state index in [1.807, 2.05) is 20.8 Å². The summed E-state index contributed by atoms with van der Waals surface area (Å²) in [6.45, 7) is 10.0. The van der Waals surface area contributed by atoms with Gasteiger partial charge in [0.2, 0.25) is 0 Å². The predicted molar refractivity (Wildman–Crippen MR) is 114 cm³/mol. The highest BCUT2D eigenvalue weighted by molar-refractivity contribution is 5.74. The van der Waals surface area contributed by atoms with Crippen molar-refractivity contribution in [3.63, 3.8) is 0 Å². The third-order valence-electron chi connectivity index (χ3n) is 5.78. The van der Waals surface area contributed by atoms with E-state index in [4.69, 9.17) is 9.47 Å². The van der Waals surface area contributed by atoms with Crippen molar-refractivity contribution in [1.82, 2.24) is 4.90 Å². The lowest BCUT2D eigenvalue weighted by molar-refractivity contribution is -0.167. The largest absolute Gasteiger partial charge is 0.489 e. The highest BCUT2D eigenvalue weighted by Crippen LogP contribution is 2.41. The van der Waals surface area contributed by atoms with Gasteiger partial charge in [-0.05, 0) is 69.4 Å². The molecule has 1 atom stereocenters. The molecule has 1 saturated heterocycles. The molecule has 2 aromatic rings. The maximum atomic E-state index is 12.2. The molecule has 4 nitrogen and oxygen atoms in total. The number of aryl methyl sites for hydroxylation is 2. The molecule has 0 N–H and O–H groups in total. The minimum absolute atomic E-state index is 0.00962. The van der Waals surface area contributed by atoms with E-state index < -0.39 is 5.60 Å². The third kappa shape index (κ3) is 4.64. The average molecular weight is 394 g/mol. The predicted octanol–water partition coefficient (Wildman–Crippen LogP) is 4.83. The first-order valence-corrected chi connectivity index (χ1v) is 10.6.